The van der Waals surface area contributed by atoms with E-state index in [0.717, 1.165) is 24.5 Å². The van der Waals surface area contributed by atoms with E-state index in [1.54, 1.807) is 0 Å². The van der Waals surface area contributed by atoms with Crippen molar-refractivity contribution in [2.75, 3.05) is 35.8 Å². The molecule has 1 aliphatic rings. The smallest absolute Gasteiger partial charge is 0.411 e. The van der Waals surface area contributed by atoms with Gasteiger partial charge in [0, 0.05) is 24.5 Å². The highest BCUT2D eigenvalue weighted by molar-refractivity contribution is 6.18. The number of carbonyl (C=O) groups is 1. The third-order valence-corrected chi connectivity index (χ3v) is 3.28. The van der Waals surface area contributed by atoms with E-state index in [1.807, 2.05) is 18.2 Å². The van der Waals surface area contributed by atoms with E-state index in [-0.39, 0.29) is 6.61 Å². The molecule has 1 heterocycles. The number of hydrogen-bond acceptors (Lipinski definition) is 3. The fraction of sp³-hybridized carbons (Fsp3) is 0.500. The third kappa shape index (κ3) is 4.31. The number of anilines is 2. The first kappa shape index (κ1) is 14.0. The van der Waals surface area contributed by atoms with Gasteiger partial charge in [-0.25, -0.2) is 4.79 Å². The SMILES string of the molecule is O=C(Nc1cccc(N2CCCCC2)c1)OCCCl. The van der Waals surface area contributed by atoms with Crippen LogP contribution in [0.2, 0.25) is 0 Å². The van der Waals surface area contributed by atoms with Crippen molar-refractivity contribution in [3.8, 4) is 0 Å². The van der Waals surface area contributed by atoms with Crippen molar-refractivity contribution in [2.45, 2.75) is 19.3 Å². The van der Waals surface area contributed by atoms with Gasteiger partial charge in [-0.1, -0.05) is 6.07 Å². The van der Waals surface area contributed by atoms with Crippen LogP contribution in [0.15, 0.2) is 24.3 Å². The molecule has 2 rings (SSSR count). The van der Waals surface area contributed by atoms with Gasteiger partial charge in [0.2, 0.25) is 0 Å². The molecule has 1 aromatic carbocycles. The zero-order valence-electron chi connectivity index (χ0n) is 10.9. The average molecular weight is 283 g/mol. The van der Waals surface area contributed by atoms with E-state index in [0.29, 0.717) is 5.88 Å². The molecule has 0 aliphatic carbocycles. The molecule has 1 aromatic rings. The number of alkyl halides is 1. The summed E-state index contributed by atoms with van der Waals surface area (Å²) in [6.07, 6.45) is 3.31. The summed E-state index contributed by atoms with van der Waals surface area (Å²) in [6, 6.07) is 7.85. The maximum Gasteiger partial charge on any atom is 0.411 e. The van der Waals surface area contributed by atoms with Gasteiger partial charge in [0.25, 0.3) is 0 Å². The zero-order valence-corrected chi connectivity index (χ0v) is 11.7. The van der Waals surface area contributed by atoms with Crippen LogP contribution >= 0.6 is 11.6 Å². The molecule has 104 valence electrons. The highest BCUT2D eigenvalue weighted by atomic mass is 35.5. The van der Waals surface area contributed by atoms with Gasteiger partial charge < -0.3 is 9.64 Å². The lowest BCUT2D eigenvalue weighted by Crippen LogP contribution is -2.29. The van der Waals surface area contributed by atoms with Crippen LogP contribution < -0.4 is 10.2 Å². The number of benzene rings is 1. The molecule has 1 N–H and O–H groups in total. The predicted octanol–water partition coefficient (Wildman–Crippen LogP) is 3.46. The lowest BCUT2D eigenvalue weighted by molar-refractivity contribution is 0.168. The van der Waals surface area contributed by atoms with Crippen LogP contribution in [-0.2, 0) is 4.74 Å². The van der Waals surface area contributed by atoms with E-state index >= 15 is 0 Å². The van der Waals surface area contributed by atoms with Crippen molar-refractivity contribution in [3.05, 3.63) is 24.3 Å². The van der Waals surface area contributed by atoms with Crippen LogP contribution in [0.25, 0.3) is 0 Å². The molecular formula is C14H19ClN2O2. The summed E-state index contributed by atoms with van der Waals surface area (Å²) < 4.78 is 4.88. The predicted molar refractivity (Wildman–Crippen MR) is 78.2 cm³/mol. The lowest BCUT2D eigenvalue weighted by Gasteiger charge is -2.29. The minimum Gasteiger partial charge on any atom is -0.448 e. The summed E-state index contributed by atoms with van der Waals surface area (Å²) in [4.78, 5) is 13.8. The Balaban J connectivity index is 1.96. The van der Waals surface area contributed by atoms with E-state index in [9.17, 15) is 4.79 Å². The number of ether oxygens (including phenoxy) is 1. The van der Waals surface area contributed by atoms with Crippen LogP contribution in [0.3, 0.4) is 0 Å². The van der Waals surface area contributed by atoms with Crippen LogP contribution in [0, 0.1) is 0 Å². The number of nitrogens with one attached hydrogen (secondary N) is 1. The molecule has 0 spiro atoms. The maximum atomic E-state index is 11.5. The Hall–Kier alpha value is -1.42. The van der Waals surface area contributed by atoms with Crippen molar-refractivity contribution in [1.82, 2.24) is 0 Å². The van der Waals surface area contributed by atoms with Crippen LogP contribution in [0.5, 0.6) is 0 Å². The van der Waals surface area contributed by atoms with Crippen molar-refractivity contribution in [2.24, 2.45) is 0 Å². The average Bonchev–Trinajstić information content (AvgIpc) is 2.46. The minimum atomic E-state index is -0.462. The lowest BCUT2D eigenvalue weighted by atomic mass is 10.1. The number of piperidine rings is 1. The van der Waals surface area contributed by atoms with Gasteiger partial charge in [0.05, 0.1) is 5.88 Å². The second-order valence-corrected chi connectivity index (χ2v) is 4.93. The van der Waals surface area contributed by atoms with Gasteiger partial charge >= 0.3 is 6.09 Å². The van der Waals surface area contributed by atoms with E-state index in [2.05, 4.69) is 16.3 Å². The van der Waals surface area contributed by atoms with E-state index in [4.69, 9.17) is 16.3 Å². The second kappa shape index (κ2) is 7.24. The number of nitrogens with zero attached hydrogens (tertiary/aromatic N) is 1. The quantitative estimate of drug-likeness (QED) is 0.860. The Bertz CT molecular complexity index is 420. The van der Waals surface area contributed by atoms with E-state index in [1.165, 1.54) is 19.3 Å². The van der Waals surface area contributed by atoms with Gasteiger partial charge in [-0.15, -0.1) is 11.6 Å². The molecule has 5 heteroatoms. The maximum absolute atomic E-state index is 11.5. The van der Waals surface area contributed by atoms with Gasteiger partial charge in [-0.05, 0) is 37.5 Å². The Morgan fingerprint density at radius 2 is 2.11 bits per heavy atom. The largest absolute Gasteiger partial charge is 0.448 e. The van der Waals surface area contributed by atoms with Crippen LogP contribution in [0.4, 0.5) is 16.2 Å². The normalized spacial score (nSPS) is 15.1. The second-order valence-electron chi connectivity index (χ2n) is 4.55. The molecule has 1 saturated heterocycles. The molecule has 0 aromatic heterocycles. The summed E-state index contributed by atoms with van der Waals surface area (Å²) in [5.41, 5.74) is 1.90. The highest BCUT2D eigenvalue weighted by Crippen LogP contribution is 2.23. The molecule has 4 nitrogen and oxygen atoms in total. The molecule has 1 fully saturated rings. The zero-order chi connectivity index (χ0) is 13.5. The summed E-state index contributed by atoms with van der Waals surface area (Å²) in [7, 11) is 0. The van der Waals surface area contributed by atoms with Crippen LogP contribution in [-0.4, -0.2) is 31.7 Å². The molecule has 0 atom stereocenters. The highest BCUT2D eigenvalue weighted by Gasteiger charge is 2.11. The van der Waals surface area contributed by atoms with Crippen molar-refractivity contribution in [1.29, 1.82) is 0 Å². The van der Waals surface area contributed by atoms with Gasteiger partial charge in [-0.2, -0.15) is 0 Å². The van der Waals surface area contributed by atoms with Crippen molar-refractivity contribution < 1.29 is 9.53 Å². The number of hydrogen-bond donors (Lipinski definition) is 1. The molecule has 0 bridgehead atoms. The molecule has 0 radical (unpaired) electrons. The molecule has 19 heavy (non-hydrogen) atoms. The summed E-state index contributed by atoms with van der Waals surface area (Å²) in [6.45, 7) is 2.39. The van der Waals surface area contributed by atoms with Crippen LogP contribution in [0.1, 0.15) is 19.3 Å². The van der Waals surface area contributed by atoms with Gasteiger partial charge in [0.1, 0.15) is 6.61 Å². The Kier molecular flexibility index (Phi) is 5.33. The monoisotopic (exact) mass is 282 g/mol. The fourth-order valence-electron chi connectivity index (χ4n) is 2.22. The standard InChI is InChI=1S/C14H19ClN2O2/c15-7-10-19-14(18)16-12-5-4-6-13(11-12)17-8-2-1-3-9-17/h4-6,11H,1-3,7-10H2,(H,16,18). The Morgan fingerprint density at radius 1 is 1.32 bits per heavy atom. The van der Waals surface area contributed by atoms with Crippen molar-refractivity contribution >= 4 is 29.1 Å². The molecular weight excluding hydrogens is 264 g/mol. The first-order chi connectivity index (χ1) is 9.29. The third-order valence-electron chi connectivity index (χ3n) is 3.12. The van der Waals surface area contributed by atoms with Gasteiger partial charge in [-0.3, -0.25) is 5.32 Å². The summed E-state index contributed by atoms with van der Waals surface area (Å²) in [5, 5.41) is 2.71. The summed E-state index contributed by atoms with van der Waals surface area (Å²) >= 11 is 5.46. The van der Waals surface area contributed by atoms with Gasteiger partial charge in [0.15, 0.2) is 0 Å². The first-order valence-electron chi connectivity index (χ1n) is 6.64. The molecule has 0 saturated carbocycles. The first-order valence-corrected chi connectivity index (χ1v) is 7.18. The van der Waals surface area contributed by atoms with Crippen molar-refractivity contribution in [3.63, 3.8) is 0 Å². The number of amides is 1. The fourth-order valence-corrected chi connectivity index (χ4v) is 2.29. The molecule has 1 aliphatic heterocycles. The summed E-state index contributed by atoms with van der Waals surface area (Å²) in [5.74, 6) is 0.307. The topological polar surface area (TPSA) is 41.6 Å². The Morgan fingerprint density at radius 3 is 2.84 bits per heavy atom. The number of carbonyl (C=O) groups excluding carboxylic acids is 1. The Labute approximate surface area is 118 Å². The molecule has 0 unspecified atom stereocenters. The number of rotatable bonds is 4. The minimum absolute atomic E-state index is 0.221. The number of halogens is 1. The van der Waals surface area contributed by atoms with E-state index < -0.39 is 6.09 Å². The molecule has 1 amide bonds.